The van der Waals surface area contributed by atoms with Crippen LogP contribution in [0, 0.1) is 5.92 Å². The molecular weight excluding hydrogens is 380 g/mol. The Kier molecular flexibility index (Phi) is 6.51. The minimum atomic E-state index is -0.124. The largest absolute Gasteiger partial charge is 0.355 e. The van der Waals surface area contributed by atoms with E-state index in [0.29, 0.717) is 17.6 Å². The molecule has 4 heterocycles. The fourth-order valence-electron chi connectivity index (χ4n) is 5.04. The average molecular weight is 415 g/mol. The van der Waals surface area contributed by atoms with Crippen LogP contribution in [0.1, 0.15) is 49.0 Å². The van der Waals surface area contributed by atoms with Crippen LogP contribution in [-0.4, -0.2) is 95.9 Å². The van der Waals surface area contributed by atoms with Crippen molar-refractivity contribution in [1.82, 2.24) is 24.7 Å². The molecule has 0 unspecified atom stereocenters. The van der Waals surface area contributed by atoms with Gasteiger partial charge in [0.2, 0.25) is 5.91 Å². The Bertz CT molecular complexity index is 756. The Labute approximate surface area is 179 Å². The first-order valence-electron chi connectivity index (χ1n) is 11.3. The Morgan fingerprint density at radius 1 is 0.967 bits per heavy atom. The predicted octanol–water partition coefficient (Wildman–Crippen LogP) is 1.48. The lowest BCUT2D eigenvalue weighted by Gasteiger charge is -2.42. The predicted molar refractivity (Wildman–Crippen MR) is 115 cm³/mol. The van der Waals surface area contributed by atoms with E-state index in [0.717, 1.165) is 83.6 Å². The van der Waals surface area contributed by atoms with Crippen LogP contribution in [0.25, 0.3) is 0 Å². The zero-order valence-corrected chi connectivity index (χ0v) is 18.3. The van der Waals surface area contributed by atoms with Crippen molar-refractivity contribution >= 4 is 17.6 Å². The standard InChI is InChI=1S/C22H34N6O2/c1-25(2)22(30)19-14-23-15-20(24-19)26-12-7-18(8-13-26)28-11-5-6-17(16-28)21(29)27-9-3-4-10-27/h14-15,17-18H,3-13,16H2,1-2H3/t17-/m1/s1. The number of hydrogen-bond donors (Lipinski definition) is 0. The summed E-state index contributed by atoms with van der Waals surface area (Å²) in [4.78, 5) is 42.2. The highest BCUT2D eigenvalue weighted by molar-refractivity contribution is 5.91. The van der Waals surface area contributed by atoms with E-state index >= 15 is 0 Å². The van der Waals surface area contributed by atoms with Gasteiger partial charge in [0.05, 0.1) is 18.3 Å². The number of amides is 2. The Balaban J connectivity index is 1.32. The molecule has 3 saturated heterocycles. The molecular formula is C22H34N6O2. The van der Waals surface area contributed by atoms with Gasteiger partial charge in [-0.25, -0.2) is 4.98 Å². The number of likely N-dealkylation sites (tertiary alicyclic amines) is 2. The zero-order chi connectivity index (χ0) is 21.1. The second-order valence-corrected chi connectivity index (χ2v) is 9.05. The highest BCUT2D eigenvalue weighted by atomic mass is 16.2. The van der Waals surface area contributed by atoms with E-state index in [4.69, 9.17) is 0 Å². The normalized spacial score (nSPS) is 23.6. The van der Waals surface area contributed by atoms with Crippen molar-refractivity contribution in [3.63, 3.8) is 0 Å². The molecule has 0 aromatic carbocycles. The molecule has 164 valence electrons. The number of piperidine rings is 2. The summed E-state index contributed by atoms with van der Waals surface area (Å²) in [6.07, 6.45) is 9.85. The first-order chi connectivity index (χ1) is 14.5. The van der Waals surface area contributed by atoms with Crippen molar-refractivity contribution in [1.29, 1.82) is 0 Å². The van der Waals surface area contributed by atoms with Crippen LogP contribution in [0.4, 0.5) is 5.82 Å². The van der Waals surface area contributed by atoms with E-state index in [2.05, 4.69) is 24.7 Å². The first kappa shape index (κ1) is 21.0. The van der Waals surface area contributed by atoms with E-state index in [1.165, 1.54) is 11.1 Å². The molecule has 0 radical (unpaired) electrons. The van der Waals surface area contributed by atoms with Gasteiger partial charge < -0.3 is 14.7 Å². The summed E-state index contributed by atoms with van der Waals surface area (Å²) in [6, 6.07) is 0.523. The number of hydrogen-bond acceptors (Lipinski definition) is 6. The van der Waals surface area contributed by atoms with Gasteiger partial charge in [0.1, 0.15) is 11.5 Å². The van der Waals surface area contributed by atoms with E-state index in [-0.39, 0.29) is 11.8 Å². The van der Waals surface area contributed by atoms with E-state index < -0.39 is 0 Å². The van der Waals surface area contributed by atoms with Crippen LogP contribution in [0.15, 0.2) is 12.4 Å². The minimum absolute atomic E-state index is 0.124. The number of carbonyl (C=O) groups is 2. The second-order valence-electron chi connectivity index (χ2n) is 9.05. The summed E-state index contributed by atoms with van der Waals surface area (Å²) >= 11 is 0. The van der Waals surface area contributed by atoms with Crippen molar-refractivity contribution < 1.29 is 9.59 Å². The van der Waals surface area contributed by atoms with Gasteiger partial charge in [-0.15, -0.1) is 0 Å². The maximum absolute atomic E-state index is 12.8. The quantitative estimate of drug-likeness (QED) is 0.743. The van der Waals surface area contributed by atoms with Gasteiger partial charge in [0.15, 0.2) is 0 Å². The van der Waals surface area contributed by atoms with E-state index in [1.807, 2.05) is 0 Å². The van der Waals surface area contributed by atoms with Crippen molar-refractivity contribution in [2.24, 2.45) is 5.92 Å². The lowest BCUT2D eigenvalue weighted by Crippen LogP contribution is -2.51. The van der Waals surface area contributed by atoms with Crippen molar-refractivity contribution in [2.75, 3.05) is 58.3 Å². The third-order valence-electron chi connectivity index (χ3n) is 6.77. The fraction of sp³-hybridized carbons (Fsp3) is 0.727. The van der Waals surface area contributed by atoms with Crippen LogP contribution in [0.3, 0.4) is 0 Å². The molecule has 0 bridgehead atoms. The third-order valence-corrected chi connectivity index (χ3v) is 6.77. The topological polar surface area (TPSA) is 72.9 Å². The minimum Gasteiger partial charge on any atom is -0.355 e. The summed E-state index contributed by atoms with van der Waals surface area (Å²) in [7, 11) is 3.45. The average Bonchev–Trinajstić information content (AvgIpc) is 3.33. The van der Waals surface area contributed by atoms with Gasteiger partial charge in [-0.1, -0.05) is 0 Å². The number of rotatable bonds is 4. The fourth-order valence-corrected chi connectivity index (χ4v) is 5.04. The molecule has 2 amide bonds. The van der Waals surface area contributed by atoms with Crippen LogP contribution >= 0.6 is 0 Å². The van der Waals surface area contributed by atoms with E-state index in [1.54, 1.807) is 20.3 Å². The van der Waals surface area contributed by atoms with E-state index in [9.17, 15) is 9.59 Å². The van der Waals surface area contributed by atoms with Crippen LogP contribution in [-0.2, 0) is 4.79 Å². The van der Waals surface area contributed by atoms with Gasteiger partial charge in [-0.2, -0.15) is 0 Å². The number of nitrogens with zero attached hydrogens (tertiary/aromatic N) is 6. The Morgan fingerprint density at radius 3 is 2.40 bits per heavy atom. The molecule has 1 aromatic heterocycles. The summed E-state index contributed by atoms with van der Waals surface area (Å²) in [5.74, 6) is 1.21. The number of anilines is 1. The summed E-state index contributed by atoms with van der Waals surface area (Å²) in [5.41, 5.74) is 0.388. The summed E-state index contributed by atoms with van der Waals surface area (Å²) in [6.45, 7) is 5.71. The summed E-state index contributed by atoms with van der Waals surface area (Å²) in [5, 5.41) is 0. The zero-order valence-electron chi connectivity index (χ0n) is 18.3. The van der Waals surface area contributed by atoms with Crippen LogP contribution in [0.5, 0.6) is 0 Å². The van der Waals surface area contributed by atoms with Crippen molar-refractivity contribution in [3.05, 3.63) is 18.1 Å². The molecule has 30 heavy (non-hydrogen) atoms. The third kappa shape index (κ3) is 4.58. The molecule has 8 heteroatoms. The first-order valence-corrected chi connectivity index (χ1v) is 11.3. The molecule has 1 aromatic rings. The lowest BCUT2D eigenvalue weighted by molar-refractivity contribution is -0.136. The smallest absolute Gasteiger partial charge is 0.273 e. The molecule has 3 aliphatic heterocycles. The SMILES string of the molecule is CN(C)C(=O)c1cncc(N2CCC(N3CCC[C@@H](C(=O)N4CCCC4)C3)CC2)n1. The monoisotopic (exact) mass is 414 g/mol. The van der Waals surface area contributed by atoms with Crippen molar-refractivity contribution in [3.8, 4) is 0 Å². The van der Waals surface area contributed by atoms with Crippen molar-refractivity contribution in [2.45, 2.75) is 44.6 Å². The second kappa shape index (κ2) is 9.29. The molecule has 1 atom stereocenters. The maximum atomic E-state index is 12.8. The summed E-state index contributed by atoms with van der Waals surface area (Å²) < 4.78 is 0. The Hall–Kier alpha value is -2.22. The highest BCUT2D eigenvalue weighted by Crippen LogP contribution is 2.27. The number of aromatic nitrogens is 2. The molecule has 0 aliphatic carbocycles. The molecule has 0 N–H and O–H groups in total. The van der Waals surface area contributed by atoms with Gasteiger partial charge in [0.25, 0.3) is 5.91 Å². The molecule has 0 saturated carbocycles. The van der Waals surface area contributed by atoms with Gasteiger partial charge in [0, 0.05) is 52.9 Å². The van der Waals surface area contributed by atoms with Gasteiger partial charge in [-0.05, 0) is 45.1 Å². The molecule has 4 rings (SSSR count). The number of carbonyl (C=O) groups excluding carboxylic acids is 2. The van der Waals surface area contributed by atoms with Gasteiger partial charge in [-0.3, -0.25) is 19.5 Å². The van der Waals surface area contributed by atoms with Gasteiger partial charge >= 0.3 is 0 Å². The maximum Gasteiger partial charge on any atom is 0.273 e. The molecule has 0 spiro atoms. The molecule has 3 aliphatic rings. The lowest BCUT2D eigenvalue weighted by atomic mass is 9.93. The van der Waals surface area contributed by atoms with Crippen LogP contribution < -0.4 is 4.90 Å². The molecule has 3 fully saturated rings. The Morgan fingerprint density at radius 2 is 1.70 bits per heavy atom. The molecule has 8 nitrogen and oxygen atoms in total. The van der Waals surface area contributed by atoms with Crippen LogP contribution in [0.2, 0.25) is 0 Å². The highest BCUT2D eigenvalue weighted by Gasteiger charge is 2.34.